The van der Waals surface area contributed by atoms with Gasteiger partial charge >= 0.3 is 0 Å². The number of hydrogen-bond donors (Lipinski definition) is 2. The lowest BCUT2D eigenvalue weighted by atomic mass is 10.1. The highest BCUT2D eigenvalue weighted by Gasteiger charge is 2.22. The second-order valence-corrected chi connectivity index (χ2v) is 4.74. The smallest absolute Gasteiger partial charge is 0.237 e. The van der Waals surface area contributed by atoms with E-state index in [1.807, 2.05) is 0 Å². The molecule has 0 saturated carbocycles. The van der Waals surface area contributed by atoms with Crippen LogP contribution in [0.3, 0.4) is 0 Å². The molecule has 2 fully saturated rings. The van der Waals surface area contributed by atoms with Crippen LogP contribution in [0.1, 0.15) is 38.5 Å². The van der Waals surface area contributed by atoms with Crippen LogP contribution in [0.4, 0.5) is 0 Å². The van der Waals surface area contributed by atoms with Crippen LogP contribution in [-0.4, -0.2) is 37.7 Å². The van der Waals surface area contributed by atoms with Gasteiger partial charge in [0.25, 0.3) is 0 Å². The number of carbonyl (C=O) groups is 1. The van der Waals surface area contributed by atoms with E-state index in [4.69, 9.17) is 4.74 Å². The van der Waals surface area contributed by atoms with Crippen molar-refractivity contribution < 1.29 is 9.53 Å². The number of amides is 1. The van der Waals surface area contributed by atoms with E-state index in [2.05, 4.69) is 10.6 Å². The van der Waals surface area contributed by atoms with Crippen LogP contribution >= 0.6 is 0 Å². The highest BCUT2D eigenvalue weighted by atomic mass is 16.5. The lowest BCUT2D eigenvalue weighted by molar-refractivity contribution is -0.123. The Hall–Kier alpha value is -0.610. The highest BCUT2D eigenvalue weighted by molar-refractivity contribution is 5.81. The molecule has 2 N–H and O–H groups in total. The first-order valence-electron chi connectivity index (χ1n) is 6.49. The highest BCUT2D eigenvalue weighted by Crippen LogP contribution is 2.12. The lowest BCUT2D eigenvalue weighted by Gasteiger charge is -2.25. The molecule has 4 nitrogen and oxygen atoms in total. The van der Waals surface area contributed by atoms with Gasteiger partial charge in [-0.3, -0.25) is 4.79 Å². The Bertz CT molecular complexity index is 227. The number of rotatable bonds is 3. The van der Waals surface area contributed by atoms with E-state index in [0.29, 0.717) is 6.10 Å². The molecule has 0 radical (unpaired) electrons. The normalized spacial score (nSPS) is 31.9. The molecular weight excluding hydrogens is 204 g/mol. The summed E-state index contributed by atoms with van der Waals surface area (Å²) in [7, 11) is 0. The van der Waals surface area contributed by atoms with Gasteiger partial charge in [0.2, 0.25) is 5.91 Å². The van der Waals surface area contributed by atoms with Crippen molar-refractivity contribution in [1.82, 2.24) is 10.6 Å². The second-order valence-electron chi connectivity index (χ2n) is 4.74. The minimum atomic E-state index is -0.00646. The minimum Gasteiger partial charge on any atom is -0.377 e. The topological polar surface area (TPSA) is 50.4 Å². The Morgan fingerprint density at radius 2 is 2.12 bits per heavy atom. The second kappa shape index (κ2) is 6.21. The van der Waals surface area contributed by atoms with Crippen molar-refractivity contribution in [3.63, 3.8) is 0 Å². The van der Waals surface area contributed by atoms with E-state index < -0.39 is 0 Å². The summed E-state index contributed by atoms with van der Waals surface area (Å²) in [6, 6.07) is -0.00646. The first kappa shape index (κ1) is 11.9. The van der Waals surface area contributed by atoms with Crippen molar-refractivity contribution in [2.75, 3.05) is 19.7 Å². The minimum absolute atomic E-state index is 0.00646. The van der Waals surface area contributed by atoms with E-state index in [1.54, 1.807) is 0 Å². The van der Waals surface area contributed by atoms with E-state index in [1.165, 1.54) is 12.8 Å². The summed E-state index contributed by atoms with van der Waals surface area (Å²) in [6.45, 7) is 2.53. The summed E-state index contributed by atoms with van der Waals surface area (Å²) < 4.78 is 5.64. The quantitative estimate of drug-likeness (QED) is 0.749. The molecule has 2 aliphatic rings. The number of carbonyl (C=O) groups excluding carboxylic acids is 1. The monoisotopic (exact) mass is 226 g/mol. The van der Waals surface area contributed by atoms with Crippen molar-refractivity contribution in [3.05, 3.63) is 0 Å². The zero-order chi connectivity index (χ0) is 11.2. The standard InChI is InChI=1S/C12H22N2O2/c15-12-11(6-1-3-7-13-12)14-9-10-5-2-4-8-16-10/h10-11,14H,1-9H2,(H,13,15)/t10?,11-/m1/s1. The maximum absolute atomic E-state index is 11.7. The molecule has 0 aromatic rings. The third-order valence-electron chi connectivity index (χ3n) is 3.40. The van der Waals surface area contributed by atoms with Gasteiger partial charge in [0, 0.05) is 19.7 Å². The predicted octanol–water partition coefficient (Wildman–Crippen LogP) is 0.814. The van der Waals surface area contributed by atoms with Gasteiger partial charge in [-0.1, -0.05) is 0 Å². The van der Waals surface area contributed by atoms with E-state index in [-0.39, 0.29) is 11.9 Å². The number of nitrogens with one attached hydrogen (secondary N) is 2. The molecule has 0 aliphatic carbocycles. The molecule has 1 unspecified atom stereocenters. The lowest BCUT2D eigenvalue weighted by Crippen LogP contribution is -2.46. The molecule has 92 valence electrons. The predicted molar refractivity (Wildman–Crippen MR) is 62.2 cm³/mol. The van der Waals surface area contributed by atoms with Gasteiger partial charge in [-0.25, -0.2) is 0 Å². The fraction of sp³-hybridized carbons (Fsp3) is 0.917. The SMILES string of the molecule is O=C1NCCCC[C@H]1NCC1CCCCO1. The van der Waals surface area contributed by atoms with E-state index in [0.717, 1.165) is 45.4 Å². The van der Waals surface area contributed by atoms with Crippen LogP contribution in [0.5, 0.6) is 0 Å². The molecule has 2 atom stereocenters. The van der Waals surface area contributed by atoms with Crippen LogP contribution in [0.2, 0.25) is 0 Å². The Morgan fingerprint density at radius 3 is 2.94 bits per heavy atom. The zero-order valence-electron chi connectivity index (χ0n) is 9.84. The number of ether oxygens (including phenoxy) is 1. The van der Waals surface area contributed by atoms with Crippen LogP contribution in [0.25, 0.3) is 0 Å². The van der Waals surface area contributed by atoms with E-state index >= 15 is 0 Å². The van der Waals surface area contributed by atoms with Gasteiger partial charge in [0.05, 0.1) is 12.1 Å². The molecule has 2 saturated heterocycles. The summed E-state index contributed by atoms with van der Waals surface area (Å²) in [5, 5.41) is 6.28. The maximum Gasteiger partial charge on any atom is 0.237 e. The summed E-state index contributed by atoms with van der Waals surface area (Å²) in [6.07, 6.45) is 7.06. The van der Waals surface area contributed by atoms with Gasteiger partial charge in [-0.05, 0) is 38.5 Å². The largest absolute Gasteiger partial charge is 0.377 e. The van der Waals surface area contributed by atoms with Crippen LogP contribution in [-0.2, 0) is 9.53 Å². The summed E-state index contributed by atoms with van der Waals surface area (Å²) in [4.78, 5) is 11.7. The Kier molecular flexibility index (Phi) is 4.60. The van der Waals surface area contributed by atoms with Crippen molar-refractivity contribution in [2.45, 2.75) is 50.7 Å². The van der Waals surface area contributed by atoms with Crippen LogP contribution in [0, 0.1) is 0 Å². The number of hydrogen-bond acceptors (Lipinski definition) is 3. The van der Waals surface area contributed by atoms with E-state index in [9.17, 15) is 4.79 Å². The average Bonchev–Trinajstić information content (AvgIpc) is 2.53. The first-order valence-corrected chi connectivity index (χ1v) is 6.49. The Balaban J connectivity index is 1.72. The fourth-order valence-corrected chi connectivity index (χ4v) is 2.38. The average molecular weight is 226 g/mol. The molecular formula is C12H22N2O2. The molecule has 0 aromatic heterocycles. The van der Waals surface area contributed by atoms with Crippen molar-refractivity contribution in [3.8, 4) is 0 Å². The van der Waals surface area contributed by atoms with Gasteiger partial charge in [0.15, 0.2) is 0 Å². The molecule has 1 amide bonds. The Labute approximate surface area is 97.1 Å². The maximum atomic E-state index is 11.7. The van der Waals surface area contributed by atoms with Gasteiger partial charge < -0.3 is 15.4 Å². The van der Waals surface area contributed by atoms with Gasteiger partial charge in [-0.2, -0.15) is 0 Å². The molecule has 0 bridgehead atoms. The molecule has 4 heteroatoms. The van der Waals surface area contributed by atoms with Crippen molar-refractivity contribution >= 4 is 5.91 Å². The molecule has 2 rings (SSSR count). The first-order chi connectivity index (χ1) is 7.86. The molecule has 16 heavy (non-hydrogen) atoms. The Morgan fingerprint density at radius 1 is 1.25 bits per heavy atom. The summed E-state index contributed by atoms with van der Waals surface area (Å²) in [5.74, 6) is 0.160. The third-order valence-corrected chi connectivity index (χ3v) is 3.40. The van der Waals surface area contributed by atoms with Crippen LogP contribution < -0.4 is 10.6 Å². The molecule has 2 aliphatic heterocycles. The van der Waals surface area contributed by atoms with Crippen LogP contribution in [0.15, 0.2) is 0 Å². The summed E-state index contributed by atoms with van der Waals surface area (Å²) >= 11 is 0. The van der Waals surface area contributed by atoms with Gasteiger partial charge in [0.1, 0.15) is 0 Å². The van der Waals surface area contributed by atoms with Crippen molar-refractivity contribution in [2.24, 2.45) is 0 Å². The molecule has 0 spiro atoms. The fourth-order valence-electron chi connectivity index (χ4n) is 2.38. The van der Waals surface area contributed by atoms with Gasteiger partial charge in [-0.15, -0.1) is 0 Å². The molecule has 0 aromatic carbocycles. The third kappa shape index (κ3) is 3.46. The summed E-state index contributed by atoms with van der Waals surface area (Å²) in [5.41, 5.74) is 0. The molecule has 2 heterocycles. The zero-order valence-corrected chi connectivity index (χ0v) is 9.84. The van der Waals surface area contributed by atoms with Crippen molar-refractivity contribution in [1.29, 1.82) is 0 Å².